The van der Waals surface area contributed by atoms with Crippen molar-refractivity contribution in [1.82, 2.24) is 0 Å². The van der Waals surface area contributed by atoms with Crippen molar-refractivity contribution in [2.45, 2.75) is 26.2 Å². The normalized spacial score (nSPS) is 19.5. The molecule has 1 aromatic carbocycles. The van der Waals surface area contributed by atoms with Crippen molar-refractivity contribution in [3.05, 3.63) is 65.3 Å². The van der Waals surface area contributed by atoms with E-state index in [0.29, 0.717) is 0 Å². The molecule has 0 bridgehead atoms. The van der Waals surface area contributed by atoms with E-state index in [1.807, 2.05) is 0 Å². The number of hydrogen-bond donors (Lipinski definition) is 0. The van der Waals surface area contributed by atoms with Crippen LogP contribution in [0.3, 0.4) is 0 Å². The molecule has 0 heteroatoms. The maximum absolute atomic E-state index is 2.39. The largest absolute Gasteiger partial charge is 0.0705 e. The predicted molar refractivity (Wildman–Crippen MR) is 73.7 cm³/mol. The van der Waals surface area contributed by atoms with Crippen molar-refractivity contribution in [2.75, 3.05) is 0 Å². The molecule has 0 spiro atoms. The maximum atomic E-state index is 2.39. The summed E-state index contributed by atoms with van der Waals surface area (Å²) in [6.45, 7) is 2.27. The lowest BCUT2D eigenvalue weighted by atomic mass is 9.77. The average molecular weight is 222 g/mol. The van der Waals surface area contributed by atoms with E-state index >= 15 is 0 Å². The maximum Gasteiger partial charge on any atom is 0.0283 e. The summed E-state index contributed by atoms with van der Waals surface area (Å²) in [7, 11) is 0. The second-order valence-electron chi connectivity index (χ2n) is 5.05. The van der Waals surface area contributed by atoms with E-state index in [1.54, 1.807) is 5.57 Å². The van der Waals surface area contributed by atoms with Gasteiger partial charge in [-0.2, -0.15) is 0 Å². The van der Waals surface area contributed by atoms with Crippen molar-refractivity contribution in [3.8, 4) is 0 Å². The van der Waals surface area contributed by atoms with Crippen LogP contribution >= 0.6 is 0 Å². The Balaban J connectivity index is 1.97. The number of allylic oxidation sites excluding steroid dienone is 5. The molecule has 0 atom stereocenters. The molecule has 0 saturated carbocycles. The molecule has 3 rings (SSSR count). The van der Waals surface area contributed by atoms with Crippen LogP contribution in [0, 0.1) is 5.41 Å². The molecule has 0 heterocycles. The fraction of sp³-hybridized carbons (Fsp3) is 0.294. The van der Waals surface area contributed by atoms with Crippen LogP contribution in [0.2, 0.25) is 0 Å². The van der Waals surface area contributed by atoms with Crippen LogP contribution in [0.4, 0.5) is 0 Å². The van der Waals surface area contributed by atoms with Crippen molar-refractivity contribution in [3.63, 3.8) is 0 Å². The SMILES string of the molecule is CCCC1(C2=Cc3ccccc3C2)C=CC=C1. The van der Waals surface area contributed by atoms with Gasteiger partial charge in [-0.1, -0.05) is 73.6 Å². The topological polar surface area (TPSA) is 0 Å². The molecule has 0 aliphatic heterocycles. The Labute approximate surface area is 103 Å². The molecule has 2 aliphatic carbocycles. The van der Waals surface area contributed by atoms with Crippen molar-refractivity contribution in [2.24, 2.45) is 5.41 Å². The van der Waals surface area contributed by atoms with Gasteiger partial charge < -0.3 is 0 Å². The molecular weight excluding hydrogens is 204 g/mol. The van der Waals surface area contributed by atoms with Gasteiger partial charge in [0, 0.05) is 5.41 Å². The van der Waals surface area contributed by atoms with E-state index < -0.39 is 0 Å². The lowest BCUT2D eigenvalue weighted by Gasteiger charge is -2.26. The first-order valence-corrected chi connectivity index (χ1v) is 6.50. The van der Waals surface area contributed by atoms with Crippen LogP contribution in [0.1, 0.15) is 30.9 Å². The molecule has 0 radical (unpaired) electrons. The highest BCUT2D eigenvalue weighted by Crippen LogP contribution is 2.44. The third kappa shape index (κ3) is 1.68. The average Bonchev–Trinajstić information content (AvgIpc) is 2.95. The number of benzene rings is 1. The van der Waals surface area contributed by atoms with Gasteiger partial charge in [0.05, 0.1) is 0 Å². The van der Waals surface area contributed by atoms with Crippen LogP contribution in [0.15, 0.2) is 54.1 Å². The summed E-state index contributed by atoms with van der Waals surface area (Å²) in [5.74, 6) is 0. The van der Waals surface area contributed by atoms with E-state index in [-0.39, 0.29) is 5.41 Å². The minimum Gasteiger partial charge on any atom is -0.0705 e. The van der Waals surface area contributed by atoms with Crippen LogP contribution in [0.25, 0.3) is 6.08 Å². The molecule has 17 heavy (non-hydrogen) atoms. The number of hydrogen-bond acceptors (Lipinski definition) is 0. The lowest BCUT2D eigenvalue weighted by Crippen LogP contribution is -2.16. The molecule has 2 aliphatic rings. The minimum absolute atomic E-state index is 0.202. The molecule has 0 saturated heterocycles. The fourth-order valence-electron chi connectivity index (χ4n) is 3.04. The van der Waals surface area contributed by atoms with Gasteiger partial charge in [-0.3, -0.25) is 0 Å². The Bertz CT molecular complexity index is 503. The van der Waals surface area contributed by atoms with Crippen molar-refractivity contribution in [1.29, 1.82) is 0 Å². The number of rotatable bonds is 3. The minimum atomic E-state index is 0.202. The van der Waals surface area contributed by atoms with E-state index in [2.05, 4.69) is 61.6 Å². The Hall–Kier alpha value is -1.56. The van der Waals surface area contributed by atoms with Crippen LogP contribution < -0.4 is 0 Å². The Morgan fingerprint density at radius 1 is 1.12 bits per heavy atom. The summed E-state index contributed by atoms with van der Waals surface area (Å²) in [6.07, 6.45) is 15.1. The van der Waals surface area contributed by atoms with Crippen LogP contribution in [-0.2, 0) is 6.42 Å². The first kappa shape index (κ1) is 10.6. The Morgan fingerprint density at radius 3 is 2.59 bits per heavy atom. The highest BCUT2D eigenvalue weighted by Gasteiger charge is 2.32. The zero-order valence-electron chi connectivity index (χ0n) is 10.3. The predicted octanol–water partition coefficient (Wildman–Crippen LogP) is 4.54. The molecule has 1 aromatic rings. The molecule has 0 fully saturated rings. The van der Waals surface area contributed by atoms with Gasteiger partial charge in [-0.25, -0.2) is 0 Å². The van der Waals surface area contributed by atoms with Gasteiger partial charge in [-0.05, 0) is 24.0 Å². The fourth-order valence-corrected chi connectivity index (χ4v) is 3.04. The molecule has 0 aromatic heterocycles. The Morgan fingerprint density at radius 2 is 1.88 bits per heavy atom. The van der Waals surface area contributed by atoms with Crippen LogP contribution in [0.5, 0.6) is 0 Å². The summed E-state index contributed by atoms with van der Waals surface area (Å²) in [4.78, 5) is 0. The third-order valence-electron chi connectivity index (χ3n) is 3.93. The summed E-state index contributed by atoms with van der Waals surface area (Å²) < 4.78 is 0. The summed E-state index contributed by atoms with van der Waals surface area (Å²) in [5.41, 5.74) is 4.65. The van der Waals surface area contributed by atoms with E-state index in [9.17, 15) is 0 Å². The molecule has 0 N–H and O–H groups in total. The number of fused-ring (bicyclic) bond motifs is 1. The second kappa shape index (κ2) is 4.03. The first-order chi connectivity index (χ1) is 8.34. The van der Waals surface area contributed by atoms with Gasteiger partial charge in [-0.15, -0.1) is 0 Å². The zero-order chi connectivity index (χ0) is 11.7. The van der Waals surface area contributed by atoms with Crippen LogP contribution in [-0.4, -0.2) is 0 Å². The highest BCUT2D eigenvalue weighted by molar-refractivity contribution is 5.67. The van der Waals surface area contributed by atoms with E-state index in [0.717, 1.165) is 6.42 Å². The van der Waals surface area contributed by atoms with E-state index in [1.165, 1.54) is 24.0 Å². The van der Waals surface area contributed by atoms with Crippen molar-refractivity contribution < 1.29 is 0 Å². The summed E-state index contributed by atoms with van der Waals surface area (Å²) >= 11 is 0. The van der Waals surface area contributed by atoms with E-state index in [4.69, 9.17) is 0 Å². The quantitative estimate of drug-likeness (QED) is 0.704. The van der Waals surface area contributed by atoms with Gasteiger partial charge in [0.25, 0.3) is 0 Å². The summed E-state index contributed by atoms with van der Waals surface area (Å²) in [5, 5.41) is 0. The van der Waals surface area contributed by atoms with Gasteiger partial charge in [0.1, 0.15) is 0 Å². The van der Waals surface area contributed by atoms with Gasteiger partial charge in [0.2, 0.25) is 0 Å². The third-order valence-corrected chi connectivity index (χ3v) is 3.93. The van der Waals surface area contributed by atoms with Gasteiger partial charge in [0.15, 0.2) is 0 Å². The summed E-state index contributed by atoms with van der Waals surface area (Å²) in [6, 6.07) is 8.75. The second-order valence-corrected chi connectivity index (χ2v) is 5.05. The standard InChI is InChI=1S/C17H18/c1-2-9-17(10-5-6-11-17)16-12-14-7-3-4-8-15(14)13-16/h3-8,10-12H,2,9,13H2,1H3. The molecular formula is C17H18. The Kier molecular flexibility index (Phi) is 2.51. The molecule has 0 unspecified atom stereocenters. The molecule has 86 valence electrons. The molecule has 0 amide bonds. The first-order valence-electron chi connectivity index (χ1n) is 6.50. The zero-order valence-corrected chi connectivity index (χ0v) is 10.3. The molecule has 0 nitrogen and oxygen atoms in total. The highest BCUT2D eigenvalue weighted by atomic mass is 14.4. The van der Waals surface area contributed by atoms with Crippen molar-refractivity contribution >= 4 is 6.08 Å². The van der Waals surface area contributed by atoms with Gasteiger partial charge >= 0.3 is 0 Å². The smallest absolute Gasteiger partial charge is 0.0283 e. The monoisotopic (exact) mass is 222 g/mol. The lowest BCUT2D eigenvalue weighted by molar-refractivity contribution is 0.522.